The molecule has 0 radical (unpaired) electrons. The fraction of sp³-hybridized carbons (Fsp3) is 0.857. The first kappa shape index (κ1) is 8.49. The second kappa shape index (κ2) is 4.31. The van der Waals surface area contributed by atoms with Crippen molar-refractivity contribution in [3.05, 3.63) is 0 Å². The van der Waals surface area contributed by atoms with Gasteiger partial charge in [0.2, 0.25) is 0 Å². The zero-order valence-corrected chi connectivity index (χ0v) is 6.38. The Bertz CT molecular complexity index is 132. The van der Waals surface area contributed by atoms with Crippen molar-refractivity contribution < 1.29 is 14.6 Å². The fourth-order valence-electron chi connectivity index (χ4n) is 1.15. The Morgan fingerprint density at radius 1 is 1.73 bits per heavy atom. The first-order valence-corrected chi connectivity index (χ1v) is 3.83. The standard InChI is InChI=1S/C7H13NO3/c9-7(10)5-11-6-2-1-3-8-4-6/h6,8H,1-5H2,(H,9,10). The van der Waals surface area contributed by atoms with Crippen molar-refractivity contribution in [1.82, 2.24) is 5.32 Å². The van der Waals surface area contributed by atoms with Gasteiger partial charge in [-0.05, 0) is 19.4 Å². The minimum atomic E-state index is -0.893. The van der Waals surface area contributed by atoms with Crippen molar-refractivity contribution in [2.24, 2.45) is 0 Å². The van der Waals surface area contributed by atoms with Gasteiger partial charge in [0, 0.05) is 6.54 Å². The number of piperidine rings is 1. The first-order chi connectivity index (χ1) is 5.29. The fourth-order valence-corrected chi connectivity index (χ4v) is 1.15. The molecule has 0 amide bonds. The van der Waals surface area contributed by atoms with E-state index in [9.17, 15) is 4.79 Å². The second-order valence-corrected chi connectivity index (χ2v) is 2.67. The van der Waals surface area contributed by atoms with Gasteiger partial charge in [-0.3, -0.25) is 0 Å². The average Bonchev–Trinajstić information content (AvgIpc) is 2.03. The zero-order valence-electron chi connectivity index (χ0n) is 6.38. The molecule has 1 aliphatic heterocycles. The maximum absolute atomic E-state index is 10.1. The molecule has 0 aromatic heterocycles. The minimum absolute atomic E-state index is 0.0971. The second-order valence-electron chi connectivity index (χ2n) is 2.67. The average molecular weight is 159 g/mol. The molecule has 4 nitrogen and oxygen atoms in total. The molecule has 0 saturated carbocycles. The SMILES string of the molecule is O=C(O)COC1CCCNC1. The van der Waals surface area contributed by atoms with Crippen LogP contribution in [-0.2, 0) is 9.53 Å². The van der Waals surface area contributed by atoms with Crippen LogP contribution in [0.4, 0.5) is 0 Å². The molecule has 1 unspecified atom stereocenters. The van der Waals surface area contributed by atoms with Gasteiger partial charge in [0.15, 0.2) is 0 Å². The Morgan fingerprint density at radius 2 is 2.55 bits per heavy atom. The molecule has 4 heteroatoms. The number of nitrogens with one attached hydrogen (secondary N) is 1. The van der Waals surface area contributed by atoms with Crippen LogP contribution in [-0.4, -0.2) is 36.9 Å². The van der Waals surface area contributed by atoms with E-state index in [0.717, 1.165) is 25.9 Å². The number of ether oxygens (including phenoxy) is 1. The maximum Gasteiger partial charge on any atom is 0.329 e. The summed E-state index contributed by atoms with van der Waals surface area (Å²) in [4.78, 5) is 10.1. The highest BCUT2D eigenvalue weighted by Crippen LogP contribution is 2.04. The van der Waals surface area contributed by atoms with E-state index in [1.165, 1.54) is 0 Å². The summed E-state index contributed by atoms with van der Waals surface area (Å²) in [5.41, 5.74) is 0. The predicted octanol–water partition coefficient (Wildman–Crippen LogP) is -0.160. The van der Waals surface area contributed by atoms with Crippen molar-refractivity contribution in [1.29, 1.82) is 0 Å². The highest BCUT2D eigenvalue weighted by Gasteiger charge is 2.13. The Labute approximate surface area is 65.5 Å². The lowest BCUT2D eigenvalue weighted by Gasteiger charge is -2.21. The molecule has 1 fully saturated rings. The molecule has 0 bridgehead atoms. The van der Waals surface area contributed by atoms with E-state index in [1.54, 1.807) is 0 Å². The molecular formula is C7H13NO3. The highest BCUT2D eigenvalue weighted by atomic mass is 16.5. The Hall–Kier alpha value is -0.610. The summed E-state index contributed by atoms with van der Waals surface area (Å²) >= 11 is 0. The Morgan fingerprint density at radius 3 is 3.09 bits per heavy atom. The monoisotopic (exact) mass is 159 g/mol. The van der Waals surface area contributed by atoms with E-state index in [0.29, 0.717) is 0 Å². The summed E-state index contributed by atoms with van der Waals surface area (Å²) in [7, 11) is 0. The van der Waals surface area contributed by atoms with Gasteiger partial charge >= 0.3 is 5.97 Å². The van der Waals surface area contributed by atoms with Crippen LogP contribution in [0.25, 0.3) is 0 Å². The molecule has 11 heavy (non-hydrogen) atoms. The molecule has 2 N–H and O–H groups in total. The molecule has 1 aliphatic rings. The summed E-state index contributed by atoms with van der Waals surface area (Å²) < 4.78 is 5.08. The number of rotatable bonds is 3. The quantitative estimate of drug-likeness (QED) is 0.600. The van der Waals surface area contributed by atoms with Gasteiger partial charge in [0.05, 0.1) is 6.10 Å². The number of carboxylic acids is 1. The van der Waals surface area contributed by atoms with E-state index in [2.05, 4.69) is 5.32 Å². The van der Waals surface area contributed by atoms with Crippen molar-refractivity contribution in [3.8, 4) is 0 Å². The molecule has 0 aliphatic carbocycles. The van der Waals surface area contributed by atoms with Gasteiger partial charge in [-0.1, -0.05) is 0 Å². The normalized spacial score (nSPS) is 24.9. The lowest BCUT2D eigenvalue weighted by Crippen LogP contribution is -2.36. The third-order valence-corrected chi connectivity index (χ3v) is 1.69. The molecule has 64 valence electrons. The summed E-state index contributed by atoms with van der Waals surface area (Å²) in [6.45, 7) is 1.63. The smallest absolute Gasteiger partial charge is 0.329 e. The topological polar surface area (TPSA) is 58.6 Å². The van der Waals surface area contributed by atoms with Crippen LogP contribution in [0.5, 0.6) is 0 Å². The number of carbonyl (C=O) groups is 1. The number of hydrogen-bond donors (Lipinski definition) is 2. The third kappa shape index (κ3) is 3.34. The summed E-state index contributed by atoms with van der Waals surface area (Å²) in [6, 6.07) is 0. The van der Waals surface area contributed by atoms with E-state index in [-0.39, 0.29) is 12.7 Å². The van der Waals surface area contributed by atoms with Crippen LogP contribution in [0.15, 0.2) is 0 Å². The first-order valence-electron chi connectivity index (χ1n) is 3.83. The number of aliphatic carboxylic acids is 1. The molecule has 0 aromatic rings. The van der Waals surface area contributed by atoms with Gasteiger partial charge in [-0.25, -0.2) is 4.79 Å². The van der Waals surface area contributed by atoms with Gasteiger partial charge in [-0.2, -0.15) is 0 Å². The maximum atomic E-state index is 10.1. The molecule has 1 atom stereocenters. The molecule has 1 heterocycles. The summed E-state index contributed by atoms with van der Waals surface area (Å²) in [6.07, 6.45) is 2.14. The zero-order chi connectivity index (χ0) is 8.10. The van der Waals surface area contributed by atoms with E-state index in [1.807, 2.05) is 0 Å². The van der Waals surface area contributed by atoms with Gasteiger partial charge in [0.25, 0.3) is 0 Å². The van der Waals surface area contributed by atoms with E-state index in [4.69, 9.17) is 9.84 Å². The lowest BCUT2D eigenvalue weighted by atomic mass is 10.1. The largest absolute Gasteiger partial charge is 0.480 e. The van der Waals surface area contributed by atoms with Gasteiger partial charge in [0.1, 0.15) is 6.61 Å². The minimum Gasteiger partial charge on any atom is -0.480 e. The number of carboxylic acid groups (broad SMARTS) is 1. The van der Waals surface area contributed by atoms with Crippen molar-refractivity contribution in [3.63, 3.8) is 0 Å². The van der Waals surface area contributed by atoms with E-state index < -0.39 is 5.97 Å². The molecule has 0 spiro atoms. The third-order valence-electron chi connectivity index (χ3n) is 1.69. The van der Waals surface area contributed by atoms with Crippen molar-refractivity contribution >= 4 is 5.97 Å². The molecule has 1 rings (SSSR count). The summed E-state index contributed by atoms with van der Waals surface area (Å²) in [5, 5.41) is 11.4. The summed E-state index contributed by atoms with van der Waals surface area (Å²) in [5.74, 6) is -0.893. The van der Waals surface area contributed by atoms with Gasteiger partial charge in [-0.15, -0.1) is 0 Å². The van der Waals surface area contributed by atoms with Crippen molar-refractivity contribution in [2.75, 3.05) is 19.7 Å². The van der Waals surface area contributed by atoms with Crippen LogP contribution in [0.2, 0.25) is 0 Å². The predicted molar refractivity (Wildman–Crippen MR) is 39.5 cm³/mol. The Balaban J connectivity index is 2.09. The van der Waals surface area contributed by atoms with Crippen LogP contribution in [0.1, 0.15) is 12.8 Å². The van der Waals surface area contributed by atoms with Crippen LogP contribution in [0, 0.1) is 0 Å². The number of hydrogen-bond acceptors (Lipinski definition) is 3. The van der Waals surface area contributed by atoms with E-state index >= 15 is 0 Å². The lowest BCUT2D eigenvalue weighted by molar-refractivity contribution is -0.144. The molecule has 1 saturated heterocycles. The van der Waals surface area contributed by atoms with Gasteiger partial charge < -0.3 is 15.2 Å². The highest BCUT2D eigenvalue weighted by molar-refractivity contribution is 5.68. The molecule has 0 aromatic carbocycles. The van der Waals surface area contributed by atoms with Crippen LogP contribution < -0.4 is 5.32 Å². The Kier molecular flexibility index (Phi) is 3.32. The molecular weight excluding hydrogens is 146 g/mol. The van der Waals surface area contributed by atoms with Crippen LogP contribution >= 0.6 is 0 Å². The van der Waals surface area contributed by atoms with Crippen molar-refractivity contribution in [2.45, 2.75) is 18.9 Å². The van der Waals surface area contributed by atoms with Crippen LogP contribution in [0.3, 0.4) is 0 Å².